The molecule has 24 heavy (non-hydrogen) atoms. The molecule has 0 fully saturated rings. The number of nitrogens with one attached hydrogen (secondary N) is 1. The second-order valence-electron chi connectivity index (χ2n) is 5.36. The number of ether oxygens (including phenoxy) is 1. The number of fused-ring (bicyclic) bond motifs is 1. The molecule has 4 nitrogen and oxygen atoms in total. The van der Waals surface area contributed by atoms with Crippen molar-refractivity contribution in [2.24, 2.45) is 0 Å². The van der Waals surface area contributed by atoms with Gasteiger partial charge in [-0.05, 0) is 47.5 Å². The maximum absolute atomic E-state index is 10.7. The molecule has 1 radical (unpaired) electrons. The molecular weight excluding hydrogens is 300 g/mol. The van der Waals surface area contributed by atoms with Crippen molar-refractivity contribution in [2.75, 3.05) is 0 Å². The summed E-state index contributed by atoms with van der Waals surface area (Å²) in [5.74, 6) is 1.80. The number of nitrogens with zero attached hydrogens (tertiary/aromatic N) is 1. The molecule has 0 saturated carbocycles. The molecule has 0 bridgehead atoms. The van der Waals surface area contributed by atoms with Gasteiger partial charge < -0.3 is 9.72 Å². The predicted octanol–water partition coefficient (Wildman–Crippen LogP) is 4.48. The van der Waals surface area contributed by atoms with E-state index in [0.717, 1.165) is 33.7 Å². The first-order chi connectivity index (χ1) is 11.8. The maximum atomic E-state index is 10.7. The third kappa shape index (κ3) is 2.77. The maximum Gasteiger partial charge on any atom is 0.271 e. The van der Waals surface area contributed by atoms with Gasteiger partial charge >= 0.3 is 0 Å². The molecule has 0 aliphatic heterocycles. The quantitative estimate of drug-likeness (QED) is 0.604. The van der Waals surface area contributed by atoms with E-state index in [1.807, 2.05) is 72.8 Å². The molecule has 0 unspecified atom stereocenters. The minimum atomic E-state index is 0.216. The molecule has 1 N–H and O–H groups in total. The van der Waals surface area contributed by atoms with Crippen molar-refractivity contribution < 1.29 is 9.53 Å². The van der Waals surface area contributed by atoms with Gasteiger partial charge in [0.25, 0.3) is 6.29 Å². The molecule has 0 saturated heterocycles. The molecule has 0 amide bonds. The Labute approximate surface area is 138 Å². The van der Waals surface area contributed by atoms with E-state index in [1.165, 1.54) is 0 Å². The Morgan fingerprint density at radius 2 is 1.54 bits per heavy atom. The number of carbonyl (C=O) groups excluding carboxylic acids is 1. The smallest absolute Gasteiger partial charge is 0.271 e. The summed E-state index contributed by atoms with van der Waals surface area (Å²) in [7, 11) is 0. The first-order valence-corrected chi connectivity index (χ1v) is 7.53. The normalized spacial score (nSPS) is 10.7. The van der Waals surface area contributed by atoms with E-state index in [-0.39, 0.29) is 5.82 Å². The van der Waals surface area contributed by atoms with E-state index in [1.54, 1.807) is 6.29 Å². The van der Waals surface area contributed by atoms with Crippen molar-refractivity contribution in [2.45, 2.75) is 0 Å². The van der Waals surface area contributed by atoms with Crippen LogP contribution in [0.25, 0.3) is 22.2 Å². The van der Waals surface area contributed by atoms with Crippen molar-refractivity contribution in [3.05, 3.63) is 78.6 Å². The number of benzene rings is 3. The molecule has 4 aromatic rings. The summed E-state index contributed by atoms with van der Waals surface area (Å²) in [6, 6.07) is 23.4. The molecule has 0 aliphatic carbocycles. The molecule has 0 aliphatic rings. The Morgan fingerprint density at radius 3 is 2.29 bits per heavy atom. The highest BCUT2D eigenvalue weighted by atomic mass is 16.5. The molecule has 4 heteroatoms. The fraction of sp³-hybridized carbons (Fsp3) is 0. The number of aromatic nitrogens is 2. The van der Waals surface area contributed by atoms with Crippen molar-refractivity contribution >= 4 is 17.3 Å². The molecule has 3 aromatic carbocycles. The third-order valence-electron chi connectivity index (χ3n) is 3.75. The summed E-state index contributed by atoms with van der Waals surface area (Å²) in [5.41, 5.74) is 3.64. The topological polar surface area (TPSA) is 55.0 Å². The van der Waals surface area contributed by atoms with Crippen LogP contribution in [0.15, 0.2) is 72.8 Å². The van der Waals surface area contributed by atoms with E-state index in [9.17, 15) is 4.79 Å². The van der Waals surface area contributed by atoms with Gasteiger partial charge in [-0.25, -0.2) is 4.98 Å². The summed E-state index contributed by atoms with van der Waals surface area (Å²) < 4.78 is 5.80. The summed E-state index contributed by atoms with van der Waals surface area (Å²) in [5, 5.41) is 0. The van der Waals surface area contributed by atoms with Crippen LogP contribution in [-0.2, 0) is 4.79 Å². The second kappa shape index (κ2) is 6.01. The number of hydrogen-bond donors (Lipinski definition) is 1. The minimum absolute atomic E-state index is 0.216. The van der Waals surface area contributed by atoms with Gasteiger partial charge in [-0.1, -0.05) is 36.4 Å². The van der Waals surface area contributed by atoms with E-state index < -0.39 is 0 Å². The fourth-order valence-electron chi connectivity index (χ4n) is 2.57. The lowest BCUT2D eigenvalue weighted by Crippen LogP contribution is -1.84. The SMILES string of the molecule is O=[C]c1nc2cc(-c3ccc(Oc4ccccc4)cc3)ccc2[nH]1. The molecule has 4 rings (SSSR count). The van der Waals surface area contributed by atoms with Crippen LogP contribution in [0.1, 0.15) is 5.82 Å². The van der Waals surface area contributed by atoms with Crippen LogP contribution in [-0.4, -0.2) is 16.3 Å². The number of aromatic amines is 1. The zero-order valence-corrected chi connectivity index (χ0v) is 12.7. The first-order valence-electron chi connectivity index (χ1n) is 7.53. The average molecular weight is 313 g/mol. The van der Waals surface area contributed by atoms with Gasteiger partial charge in [0.2, 0.25) is 0 Å². The van der Waals surface area contributed by atoms with Crippen LogP contribution < -0.4 is 4.74 Å². The zero-order valence-electron chi connectivity index (χ0n) is 12.7. The Balaban J connectivity index is 1.61. The Hall–Kier alpha value is -3.40. The van der Waals surface area contributed by atoms with E-state index in [2.05, 4.69) is 9.97 Å². The van der Waals surface area contributed by atoms with Crippen molar-refractivity contribution in [1.82, 2.24) is 9.97 Å². The van der Waals surface area contributed by atoms with Gasteiger partial charge in [-0.3, -0.25) is 4.79 Å². The number of hydrogen-bond acceptors (Lipinski definition) is 3. The van der Waals surface area contributed by atoms with Gasteiger partial charge in [0, 0.05) is 0 Å². The highest BCUT2D eigenvalue weighted by Crippen LogP contribution is 2.27. The number of para-hydroxylation sites is 1. The van der Waals surface area contributed by atoms with Gasteiger partial charge in [-0.15, -0.1) is 0 Å². The van der Waals surface area contributed by atoms with E-state index in [0.29, 0.717) is 0 Å². The first kappa shape index (κ1) is 14.2. The minimum Gasteiger partial charge on any atom is -0.457 e. The van der Waals surface area contributed by atoms with Crippen LogP contribution >= 0.6 is 0 Å². The highest BCUT2D eigenvalue weighted by Gasteiger charge is 2.05. The average Bonchev–Trinajstić information content (AvgIpc) is 3.05. The van der Waals surface area contributed by atoms with Gasteiger partial charge in [0.1, 0.15) is 11.5 Å². The summed E-state index contributed by atoms with van der Waals surface area (Å²) in [4.78, 5) is 17.8. The summed E-state index contributed by atoms with van der Waals surface area (Å²) in [6.07, 6.45) is 1.77. The van der Waals surface area contributed by atoms with Crippen molar-refractivity contribution in [1.29, 1.82) is 0 Å². The lowest BCUT2D eigenvalue weighted by Gasteiger charge is -2.07. The predicted molar refractivity (Wildman–Crippen MR) is 92.8 cm³/mol. The van der Waals surface area contributed by atoms with Crippen molar-refractivity contribution in [3.63, 3.8) is 0 Å². The summed E-state index contributed by atoms with van der Waals surface area (Å²) in [6.45, 7) is 0. The number of rotatable bonds is 4. The summed E-state index contributed by atoms with van der Waals surface area (Å²) >= 11 is 0. The van der Waals surface area contributed by atoms with Crippen molar-refractivity contribution in [3.8, 4) is 22.6 Å². The van der Waals surface area contributed by atoms with Gasteiger partial charge in [0.05, 0.1) is 11.0 Å². The third-order valence-corrected chi connectivity index (χ3v) is 3.75. The molecule has 0 spiro atoms. The zero-order chi connectivity index (χ0) is 16.4. The van der Waals surface area contributed by atoms with Crippen LogP contribution in [0, 0.1) is 0 Å². The van der Waals surface area contributed by atoms with Gasteiger partial charge in [0.15, 0.2) is 5.82 Å². The number of imidazole rings is 1. The van der Waals surface area contributed by atoms with E-state index in [4.69, 9.17) is 4.74 Å². The number of H-pyrrole nitrogens is 1. The van der Waals surface area contributed by atoms with Gasteiger partial charge in [-0.2, -0.15) is 0 Å². The largest absolute Gasteiger partial charge is 0.457 e. The van der Waals surface area contributed by atoms with E-state index >= 15 is 0 Å². The lowest BCUT2D eigenvalue weighted by molar-refractivity contribution is 0.483. The molecule has 1 aromatic heterocycles. The molecular formula is C20H13N2O2. The van der Waals surface area contributed by atoms with Crippen LogP contribution in [0.5, 0.6) is 11.5 Å². The molecule has 115 valence electrons. The second-order valence-corrected chi connectivity index (χ2v) is 5.36. The highest BCUT2D eigenvalue weighted by molar-refractivity contribution is 5.85. The molecule has 1 heterocycles. The standard InChI is InChI=1S/C20H13N2O2/c23-13-20-21-18-11-8-15(12-19(18)22-20)14-6-9-17(10-7-14)24-16-4-2-1-3-5-16/h1-12H,(H,21,22). The Kier molecular flexibility index (Phi) is 3.56. The van der Waals surface area contributed by atoms with Crippen LogP contribution in [0.2, 0.25) is 0 Å². The van der Waals surface area contributed by atoms with Crippen LogP contribution in [0.4, 0.5) is 0 Å². The molecule has 0 atom stereocenters. The Bertz CT molecular complexity index is 989. The fourth-order valence-corrected chi connectivity index (χ4v) is 2.57. The lowest BCUT2D eigenvalue weighted by atomic mass is 10.1. The Morgan fingerprint density at radius 1 is 0.833 bits per heavy atom. The monoisotopic (exact) mass is 313 g/mol. The van der Waals surface area contributed by atoms with Crippen LogP contribution in [0.3, 0.4) is 0 Å².